The number of sulfonamides is 1. The molecule has 0 heterocycles. The van der Waals surface area contributed by atoms with E-state index in [0.717, 1.165) is 5.56 Å². The summed E-state index contributed by atoms with van der Waals surface area (Å²) in [5.41, 5.74) is 1.78. The highest BCUT2D eigenvalue weighted by Crippen LogP contribution is 2.28. The van der Waals surface area contributed by atoms with Gasteiger partial charge in [-0.05, 0) is 67.1 Å². The van der Waals surface area contributed by atoms with E-state index in [0.29, 0.717) is 21.4 Å². The van der Waals surface area contributed by atoms with Crippen molar-refractivity contribution in [2.75, 3.05) is 16.6 Å². The summed E-state index contributed by atoms with van der Waals surface area (Å²) < 4.78 is 33.0. The highest BCUT2D eigenvalue weighted by Gasteiger charge is 2.17. The molecule has 0 fully saturated rings. The number of aryl methyl sites for hydroxylation is 1. The zero-order chi connectivity index (χ0) is 22.6. The van der Waals surface area contributed by atoms with Crippen LogP contribution >= 0.6 is 34.8 Å². The Labute approximate surface area is 195 Å². The third-order valence-corrected chi connectivity index (χ3v) is 6.46. The number of carbonyl (C=O) groups is 1. The van der Waals surface area contributed by atoms with E-state index in [1.54, 1.807) is 42.5 Å². The molecule has 3 aromatic carbocycles. The Hall–Kier alpha value is -2.45. The summed E-state index contributed by atoms with van der Waals surface area (Å²) in [6.07, 6.45) is 0. The molecule has 3 aromatic rings. The van der Waals surface area contributed by atoms with Gasteiger partial charge in [0.25, 0.3) is 15.9 Å². The van der Waals surface area contributed by atoms with Gasteiger partial charge in [0.1, 0.15) is 5.75 Å². The first-order chi connectivity index (χ1) is 14.6. The number of ether oxygens (including phenoxy) is 1. The Bertz CT molecular complexity index is 1220. The van der Waals surface area contributed by atoms with Gasteiger partial charge in [0.05, 0.1) is 9.92 Å². The molecule has 0 radical (unpaired) electrons. The lowest BCUT2D eigenvalue weighted by molar-refractivity contribution is -0.118. The van der Waals surface area contributed by atoms with Crippen LogP contribution in [0.25, 0.3) is 0 Å². The molecule has 0 aliphatic rings. The van der Waals surface area contributed by atoms with Gasteiger partial charge >= 0.3 is 0 Å². The zero-order valence-corrected chi connectivity index (χ0v) is 19.2. The highest BCUT2D eigenvalue weighted by atomic mass is 35.5. The first-order valence-electron chi connectivity index (χ1n) is 8.91. The van der Waals surface area contributed by atoms with E-state index >= 15 is 0 Å². The molecule has 162 valence electrons. The predicted octanol–water partition coefficient (Wildman–Crippen LogP) is 5.77. The molecule has 0 spiro atoms. The van der Waals surface area contributed by atoms with E-state index in [1.165, 1.54) is 18.2 Å². The molecule has 0 aliphatic carbocycles. The van der Waals surface area contributed by atoms with Crippen molar-refractivity contribution >= 4 is 62.1 Å². The van der Waals surface area contributed by atoms with Crippen molar-refractivity contribution in [2.24, 2.45) is 0 Å². The molecular formula is C21H17Cl3N2O4S. The van der Waals surface area contributed by atoms with Crippen LogP contribution in [0.4, 0.5) is 11.4 Å². The summed E-state index contributed by atoms with van der Waals surface area (Å²) in [7, 11) is -3.87. The van der Waals surface area contributed by atoms with Gasteiger partial charge < -0.3 is 10.1 Å². The molecule has 0 bridgehead atoms. The van der Waals surface area contributed by atoms with Crippen LogP contribution in [0.3, 0.4) is 0 Å². The molecular weight excluding hydrogens is 483 g/mol. The van der Waals surface area contributed by atoms with Gasteiger partial charge in [0.2, 0.25) is 0 Å². The number of halogens is 3. The lowest BCUT2D eigenvalue weighted by atomic mass is 10.2. The van der Waals surface area contributed by atoms with Gasteiger partial charge in [-0.25, -0.2) is 8.42 Å². The highest BCUT2D eigenvalue weighted by molar-refractivity contribution is 7.92. The van der Waals surface area contributed by atoms with E-state index in [4.69, 9.17) is 39.5 Å². The quantitative estimate of drug-likeness (QED) is 0.432. The molecule has 0 atom stereocenters. The molecule has 1 amide bonds. The smallest absolute Gasteiger partial charge is 0.262 e. The Morgan fingerprint density at radius 2 is 1.58 bits per heavy atom. The van der Waals surface area contributed by atoms with Crippen molar-refractivity contribution in [1.82, 2.24) is 0 Å². The average Bonchev–Trinajstić information content (AvgIpc) is 2.71. The van der Waals surface area contributed by atoms with Crippen molar-refractivity contribution in [3.63, 3.8) is 0 Å². The SMILES string of the molecule is Cc1ccc(NC(=O)COc2ccc(S(=O)(=O)Nc3ccc(Cl)cc3)cc2Cl)cc1Cl. The minimum atomic E-state index is -3.87. The maximum absolute atomic E-state index is 12.6. The second kappa shape index (κ2) is 9.78. The van der Waals surface area contributed by atoms with E-state index in [9.17, 15) is 13.2 Å². The summed E-state index contributed by atoms with van der Waals surface area (Å²) in [6, 6.07) is 15.3. The molecule has 10 heteroatoms. The lowest BCUT2D eigenvalue weighted by Gasteiger charge is -2.12. The summed E-state index contributed by atoms with van der Waals surface area (Å²) in [4.78, 5) is 12.1. The van der Waals surface area contributed by atoms with Crippen LogP contribution < -0.4 is 14.8 Å². The first-order valence-corrected chi connectivity index (χ1v) is 11.5. The molecule has 0 saturated carbocycles. The number of rotatable bonds is 7. The fraction of sp³-hybridized carbons (Fsp3) is 0.0952. The standard InChI is InChI=1S/C21H17Cl3N2O4S/c1-13-2-5-16(10-18(13)23)25-21(27)12-30-20-9-8-17(11-19(20)24)31(28,29)26-15-6-3-14(22)4-7-15/h2-11,26H,12H2,1H3,(H,25,27). The van der Waals surface area contributed by atoms with Gasteiger partial charge in [-0.3, -0.25) is 9.52 Å². The van der Waals surface area contributed by atoms with E-state index < -0.39 is 15.9 Å². The maximum atomic E-state index is 12.6. The van der Waals surface area contributed by atoms with Crippen LogP contribution in [0.15, 0.2) is 65.6 Å². The minimum Gasteiger partial charge on any atom is -0.482 e. The fourth-order valence-electron chi connectivity index (χ4n) is 2.51. The van der Waals surface area contributed by atoms with Crippen LogP contribution in [-0.2, 0) is 14.8 Å². The molecule has 0 unspecified atom stereocenters. The molecule has 3 rings (SSSR count). The van der Waals surface area contributed by atoms with Crippen LogP contribution in [0.5, 0.6) is 5.75 Å². The summed E-state index contributed by atoms with van der Waals surface area (Å²) in [6.45, 7) is 1.54. The zero-order valence-electron chi connectivity index (χ0n) is 16.2. The van der Waals surface area contributed by atoms with E-state index in [-0.39, 0.29) is 22.3 Å². The van der Waals surface area contributed by atoms with Crippen LogP contribution in [0, 0.1) is 6.92 Å². The van der Waals surface area contributed by atoms with Crippen molar-refractivity contribution in [3.8, 4) is 5.75 Å². The van der Waals surface area contributed by atoms with Crippen molar-refractivity contribution in [3.05, 3.63) is 81.3 Å². The molecule has 0 aliphatic heterocycles. The second-order valence-corrected chi connectivity index (χ2v) is 9.44. The van der Waals surface area contributed by atoms with Crippen molar-refractivity contribution in [2.45, 2.75) is 11.8 Å². The maximum Gasteiger partial charge on any atom is 0.262 e. The first kappa shape index (κ1) is 23.2. The largest absolute Gasteiger partial charge is 0.482 e. The molecule has 0 saturated heterocycles. The Morgan fingerprint density at radius 3 is 2.23 bits per heavy atom. The normalized spacial score (nSPS) is 11.1. The monoisotopic (exact) mass is 498 g/mol. The number of benzene rings is 3. The topological polar surface area (TPSA) is 84.5 Å². The Kier molecular flexibility index (Phi) is 7.33. The Balaban J connectivity index is 1.64. The van der Waals surface area contributed by atoms with Crippen molar-refractivity contribution in [1.29, 1.82) is 0 Å². The molecule has 0 aromatic heterocycles. The van der Waals surface area contributed by atoms with E-state index in [1.807, 2.05) is 6.92 Å². The van der Waals surface area contributed by atoms with E-state index in [2.05, 4.69) is 10.0 Å². The third kappa shape index (κ3) is 6.27. The summed E-state index contributed by atoms with van der Waals surface area (Å²) >= 11 is 18.0. The molecule has 31 heavy (non-hydrogen) atoms. The Morgan fingerprint density at radius 1 is 0.903 bits per heavy atom. The second-order valence-electron chi connectivity index (χ2n) is 6.51. The number of hydrogen-bond donors (Lipinski definition) is 2. The number of amides is 1. The molecule has 2 N–H and O–H groups in total. The van der Waals surface area contributed by atoms with Gasteiger partial charge in [-0.1, -0.05) is 40.9 Å². The summed E-state index contributed by atoms with van der Waals surface area (Å²) in [5.74, 6) is -0.249. The number of hydrogen-bond acceptors (Lipinski definition) is 4. The third-order valence-electron chi connectivity index (χ3n) is 4.12. The van der Waals surface area contributed by atoms with Gasteiger partial charge in [0.15, 0.2) is 6.61 Å². The van der Waals surface area contributed by atoms with Gasteiger partial charge in [-0.2, -0.15) is 0 Å². The fourth-order valence-corrected chi connectivity index (χ4v) is 4.20. The van der Waals surface area contributed by atoms with Gasteiger partial charge in [0, 0.05) is 21.4 Å². The minimum absolute atomic E-state index is 0.0464. The van der Waals surface area contributed by atoms with Crippen LogP contribution in [-0.4, -0.2) is 20.9 Å². The van der Waals surface area contributed by atoms with Gasteiger partial charge in [-0.15, -0.1) is 0 Å². The number of carbonyl (C=O) groups excluding carboxylic acids is 1. The lowest BCUT2D eigenvalue weighted by Crippen LogP contribution is -2.20. The number of anilines is 2. The molecule has 6 nitrogen and oxygen atoms in total. The number of nitrogens with one attached hydrogen (secondary N) is 2. The average molecular weight is 500 g/mol. The summed E-state index contributed by atoms with van der Waals surface area (Å²) in [5, 5.41) is 3.73. The van der Waals surface area contributed by atoms with Crippen LogP contribution in [0.2, 0.25) is 15.1 Å². The predicted molar refractivity (Wildman–Crippen MR) is 124 cm³/mol. The van der Waals surface area contributed by atoms with Crippen molar-refractivity contribution < 1.29 is 17.9 Å². The van der Waals surface area contributed by atoms with Crippen LogP contribution in [0.1, 0.15) is 5.56 Å².